The van der Waals surface area contributed by atoms with Gasteiger partial charge >= 0.3 is 0 Å². The molecule has 78 valence electrons. The molecular formula is C10H9ClN2OS. The maximum absolute atomic E-state index is 11.3. The van der Waals surface area contributed by atoms with E-state index in [1.807, 2.05) is 12.3 Å². The Morgan fingerprint density at radius 1 is 1.53 bits per heavy atom. The molecule has 2 aromatic rings. The van der Waals surface area contributed by atoms with Gasteiger partial charge < -0.3 is 4.98 Å². The second-order valence-electron chi connectivity index (χ2n) is 3.07. The molecule has 0 aliphatic heterocycles. The molecule has 0 aromatic carbocycles. The van der Waals surface area contributed by atoms with Gasteiger partial charge in [0, 0.05) is 17.1 Å². The van der Waals surface area contributed by atoms with Crippen LogP contribution in [0.5, 0.6) is 0 Å². The number of aryl methyl sites for hydroxylation is 1. The molecular weight excluding hydrogens is 232 g/mol. The molecule has 0 aliphatic carbocycles. The molecule has 0 atom stereocenters. The van der Waals surface area contributed by atoms with Crippen LogP contribution in [-0.2, 0) is 6.42 Å². The lowest BCUT2D eigenvalue weighted by atomic mass is 10.3. The first-order valence-corrected chi connectivity index (χ1v) is 5.79. The van der Waals surface area contributed by atoms with Gasteiger partial charge in [-0.25, -0.2) is 4.98 Å². The number of hydrogen-bond donors (Lipinski definition) is 1. The highest BCUT2D eigenvalue weighted by atomic mass is 35.5. The van der Waals surface area contributed by atoms with E-state index in [2.05, 4.69) is 9.97 Å². The fraction of sp³-hybridized carbons (Fsp3) is 0.200. The van der Waals surface area contributed by atoms with Crippen LogP contribution in [-0.4, -0.2) is 9.97 Å². The first-order chi connectivity index (χ1) is 7.19. The summed E-state index contributed by atoms with van der Waals surface area (Å²) < 4.78 is 0. The SMILES string of the molecule is CCc1cc(=O)[nH]c(-c2cc(Cl)cs2)n1. The molecule has 0 bridgehead atoms. The van der Waals surface area contributed by atoms with E-state index in [-0.39, 0.29) is 5.56 Å². The van der Waals surface area contributed by atoms with Crippen LogP contribution in [0.25, 0.3) is 10.7 Å². The lowest BCUT2D eigenvalue weighted by Crippen LogP contribution is -2.09. The van der Waals surface area contributed by atoms with Crippen LogP contribution >= 0.6 is 22.9 Å². The monoisotopic (exact) mass is 240 g/mol. The Bertz CT molecular complexity index is 532. The standard InChI is InChI=1S/C10H9ClN2OS/c1-2-7-4-9(14)13-10(12-7)8-3-6(11)5-15-8/h3-5H,2H2,1H3,(H,12,13,14). The first kappa shape index (κ1) is 10.4. The number of H-pyrrole nitrogens is 1. The van der Waals surface area contributed by atoms with Crippen LogP contribution in [0.3, 0.4) is 0 Å². The van der Waals surface area contributed by atoms with Crippen molar-refractivity contribution in [2.75, 3.05) is 0 Å². The van der Waals surface area contributed by atoms with E-state index < -0.39 is 0 Å². The number of hydrogen-bond acceptors (Lipinski definition) is 3. The average Bonchev–Trinajstić information content (AvgIpc) is 2.64. The van der Waals surface area contributed by atoms with Gasteiger partial charge in [-0.05, 0) is 12.5 Å². The predicted molar refractivity (Wildman–Crippen MR) is 62.6 cm³/mol. The van der Waals surface area contributed by atoms with Gasteiger partial charge in [0.1, 0.15) is 0 Å². The molecule has 2 heterocycles. The van der Waals surface area contributed by atoms with Crippen molar-refractivity contribution in [1.29, 1.82) is 0 Å². The number of nitrogens with zero attached hydrogens (tertiary/aromatic N) is 1. The Morgan fingerprint density at radius 3 is 2.93 bits per heavy atom. The normalized spacial score (nSPS) is 10.5. The minimum atomic E-state index is -0.124. The molecule has 15 heavy (non-hydrogen) atoms. The van der Waals surface area contributed by atoms with Crippen molar-refractivity contribution in [2.24, 2.45) is 0 Å². The molecule has 5 heteroatoms. The van der Waals surface area contributed by atoms with Crippen LogP contribution in [0.15, 0.2) is 22.3 Å². The van der Waals surface area contributed by atoms with E-state index in [4.69, 9.17) is 11.6 Å². The summed E-state index contributed by atoms with van der Waals surface area (Å²) in [7, 11) is 0. The van der Waals surface area contributed by atoms with Crippen LogP contribution in [0, 0.1) is 0 Å². The summed E-state index contributed by atoms with van der Waals surface area (Å²) in [5.74, 6) is 0.594. The highest BCUT2D eigenvalue weighted by Gasteiger charge is 2.05. The van der Waals surface area contributed by atoms with Gasteiger partial charge in [0.25, 0.3) is 5.56 Å². The summed E-state index contributed by atoms with van der Waals surface area (Å²) in [6, 6.07) is 3.31. The Kier molecular flexibility index (Phi) is 2.88. The number of aromatic amines is 1. The van der Waals surface area contributed by atoms with Crippen molar-refractivity contribution >= 4 is 22.9 Å². The zero-order valence-corrected chi connectivity index (χ0v) is 9.65. The van der Waals surface area contributed by atoms with E-state index in [9.17, 15) is 4.79 Å². The van der Waals surface area contributed by atoms with Gasteiger partial charge in [0.05, 0.1) is 9.90 Å². The van der Waals surface area contributed by atoms with Gasteiger partial charge in [-0.15, -0.1) is 11.3 Å². The first-order valence-electron chi connectivity index (χ1n) is 4.53. The fourth-order valence-corrected chi connectivity index (χ4v) is 2.26. The minimum absolute atomic E-state index is 0.124. The maximum Gasteiger partial charge on any atom is 0.251 e. The summed E-state index contributed by atoms with van der Waals surface area (Å²) in [6.07, 6.45) is 0.746. The quantitative estimate of drug-likeness (QED) is 0.877. The molecule has 0 saturated heterocycles. The van der Waals surface area contributed by atoms with Crippen LogP contribution in [0.1, 0.15) is 12.6 Å². The molecule has 2 rings (SSSR count). The minimum Gasteiger partial charge on any atom is -0.306 e. The highest BCUT2D eigenvalue weighted by molar-refractivity contribution is 7.14. The third-order valence-electron chi connectivity index (χ3n) is 1.96. The number of rotatable bonds is 2. The number of aromatic nitrogens is 2. The smallest absolute Gasteiger partial charge is 0.251 e. The van der Waals surface area contributed by atoms with Gasteiger partial charge in [-0.2, -0.15) is 0 Å². The Balaban J connectivity index is 2.53. The molecule has 0 fully saturated rings. The Morgan fingerprint density at radius 2 is 2.33 bits per heavy atom. The molecule has 0 aliphatic rings. The third kappa shape index (κ3) is 2.27. The number of thiophene rings is 1. The number of halogens is 1. The van der Waals surface area contributed by atoms with Crippen LogP contribution in [0.4, 0.5) is 0 Å². The summed E-state index contributed by atoms with van der Waals surface area (Å²) in [4.78, 5) is 19.2. The van der Waals surface area contributed by atoms with Crippen molar-refractivity contribution in [3.63, 3.8) is 0 Å². The summed E-state index contributed by atoms with van der Waals surface area (Å²) >= 11 is 7.28. The molecule has 3 nitrogen and oxygen atoms in total. The van der Waals surface area contributed by atoms with Gasteiger partial charge in [-0.3, -0.25) is 4.79 Å². The van der Waals surface area contributed by atoms with Crippen molar-refractivity contribution in [3.8, 4) is 10.7 Å². The van der Waals surface area contributed by atoms with Gasteiger partial charge in [0.2, 0.25) is 0 Å². The van der Waals surface area contributed by atoms with Crippen molar-refractivity contribution in [2.45, 2.75) is 13.3 Å². The second-order valence-corrected chi connectivity index (χ2v) is 4.42. The molecule has 0 radical (unpaired) electrons. The number of nitrogens with one attached hydrogen (secondary N) is 1. The zero-order valence-electron chi connectivity index (χ0n) is 8.08. The lowest BCUT2D eigenvalue weighted by molar-refractivity contribution is 0.990. The van der Waals surface area contributed by atoms with Gasteiger partial charge in [0.15, 0.2) is 5.82 Å². The molecule has 2 aromatic heterocycles. The summed E-state index contributed by atoms with van der Waals surface area (Å²) in [6.45, 7) is 1.97. The molecule has 0 spiro atoms. The fourth-order valence-electron chi connectivity index (χ4n) is 1.24. The largest absolute Gasteiger partial charge is 0.306 e. The lowest BCUT2D eigenvalue weighted by Gasteiger charge is -1.99. The van der Waals surface area contributed by atoms with Crippen molar-refractivity contribution in [1.82, 2.24) is 9.97 Å². The van der Waals surface area contributed by atoms with Gasteiger partial charge in [-0.1, -0.05) is 18.5 Å². The summed E-state index contributed by atoms with van der Waals surface area (Å²) in [5, 5.41) is 2.48. The third-order valence-corrected chi connectivity index (χ3v) is 3.24. The van der Waals surface area contributed by atoms with Crippen molar-refractivity contribution < 1.29 is 0 Å². The topological polar surface area (TPSA) is 45.8 Å². The Labute approximate surface area is 95.8 Å². The molecule has 0 saturated carbocycles. The maximum atomic E-state index is 11.3. The van der Waals surface area contributed by atoms with E-state index in [1.165, 1.54) is 17.4 Å². The zero-order chi connectivity index (χ0) is 10.8. The predicted octanol–water partition coefficient (Wildman–Crippen LogP) is 2.71. The van der Waals surface area contributed by atoms with E-state index >= 15 is 0 Å². The van der Waals surface area contributed by atoms with Crippen LogP contribution < -0.4 is 5.56 Å². The highest BCUT2D eigenvalue weighted by Crippen LogP contribution is 2.26. The van der Waals surface area contributed by atoms with E-state index in [0.29, 0.717) is 10.8 Å². The van der Waals surface area contributed by atoms with E-state index in [0.717, 1.165) is 17.0 Å². The summed E-state index contributed by atoms with van der Waals surface area (Å²) in [5.41, 5.74) is 0.666. The molecule has 0 amide bonds. The molecule has 1 N–H and O–H groups in total. The van der Waals surface area contributed by atoms with Crippen molar-refractivity contribution in [3.05, 3.63) is 38.6 Å². The van der Waals surface area contributed by atoms with Crippen LogP contribution in [0.2, 0.25) is 5.02 Å². The van der Waals surface area contributed by atoms with E-state index in [1.54, 1.807) is 6.07 Å². The molecule has 0 unspecified atom stereocenters. The second kappa shape index (κ2) is 4.16. The Hall–Kier alpha value is -1.13. The average molecular weight is 241 g/mol.